The molecule has 1 aromatic heterocycles. The highest BCUT2D eigenvalue weighted by Crippen LogP contribution is 2.21. The number of hydrazine groups is 1. The number of halogens is 1. The fourth-order valence-corrected chi connectivity index (χ4v) is 1.47. The lowest BCUT2D eigenvalue weighted by Crippen LogP contribution is -2.09. The molecule has 17 heavy (non-hydrogen) atoms. The van der Waals surface area contributed by atoms with Crippen molar-refractivity contribution in [3.05, 3.63) is 47.8 Å². The number of aromatic nitrogens is 1. The predicted octanol–water partition coefficient (Wildman–Crippen LogP) is 2.56. The van der Waals surface area contributed by atoms with Gasteiger partial charge in [-0.2, -0.15) is 0 Å². The van der Waals surface area contributed by atoms with Gasteiger partial charge in [0.2, 0.25) is 0 Å². The SMILES string of the molecule is Cc1c(F)cccc1Nc1cccc(NN)n1. The van der Waals surface area contributed by atoms with Crippen molar-refractivity contribution in [2.45, 2.75) is 6.92 Å². The Morgan fingerprint density at radius 2 is 1.82 bits per heavy atom. The normalized spacial score (nSPS) is 10.1. The molecule has 1 aromatic carbocycles. The molecule has 2 aromatic rings. The second kappa shape index (κ2) is 4.80. The van der Waals surface area contributed by atoms with Crippen molar-refractivity contribution in [3.8, 4) is 0 Å². The maximum Gasteiger partial charge on any atom is 0.142 e. The Balaban J connectivity index is 2.28. The number of hydrogen-bond donors (Lipinski definition) is 3. The van der Waals surface area contributed by atoms with E-state index in [-0.39, 0.29) is 5.82 Å². The smallest absolute Gasteiger partial charge is 0.142 e. The second-order valence-electron chi connectivity index (χ2n) is 3.59. The topological polar surface area (TPSA) is 63.0 Å². The van der Waals surface area contributed by atoms with Gasteiger partial charge in [-0.05, 0) is 31.2 Å². The predicted molar refractivity (Wildman–Crippen MR) is 66.5 cm³/mol. The zero-order valence-corrected chi connectivity index (χ0v) is 9.37. The second-order valence-corrected chi connectivity index (χ2v) is 3.59. The average Bonchev–Trinajstić information content (AvgIpc) is 2.35. The molecule has 0 saturated heterocycles. The lowest BCUT2D eigenvalue weighted by atomic mass is 10.2. The molecule has 0 aliphatic rings. The van der Waals surface area contributed by atoms with Gasteiger partial charge in [-0.15, -0.1) is 0 Å². The summed E-state index contributed by atoms with van der Waals surface area (Å²) in [6.45, 7) is 1.71. The highest BCUT2D eigenvalue weighted by atomic mass is 19.1. The molecule has 0 bridgehead atoms. The van der Waals surface area contributed by atoms with Crippen molar-refractivity contribution in [2.75, 3.05) is 10.7 Å². The summed E-state index contributed by atoms with van der Waals surface area (Å²) >= 11 is 0. The summed E-state index contributed by atoms with van der Waals surface area (Å²) in [5, 5.41) is 3.04. The third-order valence-corrected chi connectivity index (χ3v) is 2.43. The molecule has 0 unspecified atom stereocenters. The Morgan fingerprint density at radius 3 is 2.59 bits per heavy atom. The Labute approximate surface area is 98.6 Å². The number of anilines is 3. The first-order chi connectivity index (χ1) is 8.20. The molecule has 0 amide bonds. The first-order valence-electron chi connectivity index (χ1n) is 5.16. The lowest BCUT2D eigenvalue weighted by Gasteiger charge is -2.10. The molecule has 0 fully saturated rings. The summed E-state index contributed by atoms with van der Waals surface area (Å²) in [6, 6.07) is 10.2. The largest absolute Gasteiger partial charge is 0.340 e. The molecule has 0 saturated carbocycles. The van der Waals surface area contributed by atoms with Crippen LogP contribution in [-0.4, -0.2) is 4.98 Å². The van der Waals surface area contributed by atoms with Gasteiger partial charge in [0, 0.05) is 11.3 Å². The van der Waals surface area contributed by atoms with Gasteiger partial charge in [-0.1, -0.05) is 12.1 Å². The maximum absolute atomic E-state index is 13.3. The van der Waals surface area contributed by atoms with E-state index in [4.69, 9.17) is 5.84 Å². The van der Waals surface area contributed by atoms with Crippen LogP contribution in [-0.2, 0) is 0 Å². The van der Waals surface area contributed by atoms with Crippen molar-refractivity contribution < 1.29 is 4.39 Å². The van der Waals surface area contributed by atoms with Gasteiger partial charge < -0.3 is 10.7 Å². The summed E-state index contributed by atoms with van der Waals surface area (Å²) in [5.41, 5.74) is 3.70. The van der Waals surface area contributed by atoms with Gasteiger partial charge in [0.1, 0.15) is 17.5 Å². The molecular formula is C12H13FN4. The van der Waals surface area contributed by atoms with Crippen molar-refractivity contribution in [1.29, 1.82) is 0 Å². The van der Waals surface area contributed by atoms with Crippen LogP contribution in [0.5, 0.6) is 0 Å². The van der Waals surface area contributed by atoms with E-state index in [9.17, 15) is 4.39 Å². The minimum Gasteiger partial charge on any atom is -0.340 e. The molecule has 88 valence electrons. The van der Waals surface area contributed by atoms with Crippen molar-refractivity contribution in [2.24, 2.45) is 5.84 Å². The van der Waals surface area contributed by atoms with Crippen LogP contribution in [0.1, 0.15) is 5.56 Å². The van der Waals surface area contributed by atoms with Gasteiger partial charge in [0.15, 0.2) is 0 Å². The quantitative estimate of drug-likeness (QED) is 0.562. The number of hydrogen-bond acceptors (Lipinski definition) is 4. The number of nitrogens with one attached hydrogen (secondary N) is 2. The number of rotatable bonds is 3. The summed E-state index contributed by atoms with van der Waals surface area (Å²) in [5.74, 6) is 6.17. The highest BCUT2D eigenvalue weighted by molar-refractivity contribution is 5.61. The third-order valence-electron chi connectivity index (χ3n) is 2.43. The molecule has 4 N–H and O–H groups in total. The zero-order valence-electron chi connectivity index (χ0n) is 9.37. The third kappa shape index (κ3) is 2.51. The van der Waals surface area contributed by atoms with E-state index < -0.39 is 0 Å². The summed E-state index contributed by atoms with van der Waals surface area (Å²) in [6.07, 6.45) is 0. The highest BCUT2D eigenvalue weighted by Gasteiger charge is 2.04. The van der Waals surface area contributed by atoms with Crippen LogP contribution in [0, 0.1) is 12.7 Å². The first-order valence-corrected chi connectivity index (χ1v) is 5.16. The van der Waals surface area contributed by atoms with Crippen molar-refractivity contribution >= 4 is 17.3 Å². The van der Waals surface area contributed by atoms with E-state index in [0.717, 1.165) is 0 Å². The Kier molecular flexibility index (Phi) is 3.20. The van der Waals surface area contributed by atoms with Crippen LogP contribution in [0.4, 0.5) is 21.7 Å². The molecule has 0 radical (unpaired) electrons. The number of pyridine rings is 1. The van der Waals surface area contributed by atoms with Gasteiger partial charge in [-0.25, -0.2) is 15.2 Å². The molecule has 0 aliphatic heterocycles. The van der Waals surface area contributed by atoms with Gasteiger partial charge in [0.25, 0.3) is 0 Å². The minimum atomic E-state index is -0.247. The van der Waals surface area contributed by atoms with Crippen LogP contribution in [0.25, 0.3) is 0 Å². The van der Waals surface area contributed by atoms with E-state index in [0.29, 0.717) is 22.9 Å². The van der Waals surface area contributed by atoms with E-state index >= 15 is 0 Å². The average molecular weight is 232 g/mol. The fraction of sp³-hybridized carbons (Fsp3) is 0.0833. The standard InChI is InChI=1S/C12H13FN4/c1-8-9(13)4-2-5-10(8)15-11-6-3-7-12(16-11)17-14/h2-7H,14H2,1H3,(H2,15,16,17). The van der Waals surface area contributed by atoms with Crippen LogP contribution in [0.3, 0.4) is 0 Å². The van der Waals surface area contributed by atoms with Gasteiger partial charge in [-0.3, -0.25) is 0 Å². The van der Waals surface area contributed by atoms with E-state index in [2.05, 4.69) is 15.7 Å². The number of nitrogens with two attached hydrogens (primary N) is 1. The Hall–Kier alpha value is -2.14. The molecule has 2 rings (SSSR count). The van der Waals surface area contributed by atoms with Crippen LogP contribution in [0.15, 0.2) is 36.4 Å². The molecular weight excluding hydrogens is 219 g/mol. The van der Waals surface area contributed by atoms with E-state index in [1.54, 1.807) is 37.3 Å². The molecule has 0 atom stereocenters. The minimum absolute atomic E-state index is 0.247. The van der Waals surface area contributed by atoms with Crippen molar-refractivity contribution in [3.63, 3.8) is 0 Å². The molecule has 0 aliphatic carbocycles. The lowest BCUT2D eigenvalue weighted by molar-refractivity contribution is 0.619. The maximum atomic E-state index is 13.3. The number of benzene rings is 1. The van der Waals surface area contributed by atoms with E-state index in [1.807, 2.05) is 0 Å². The molecule has 1 heterocycles. The zero-order chi connectivity index (χ0) is 12.3. The number of nitrogen functional groups attached to an aromatic ring is 1. The molecule has 5 heteroatoms. The summed E-state index contributed by atoms with van der Waals surface area (Å²) < 4.78 is 13.3. The van der Waals surface area contributed by atoms with Crippen molar-refractivity contribution in [1.82, 2.24) is 4.98 Å². The van der Waals surface area contributed by atoms with Crippen LogP contribution >= 0.6 is 0 Å². The van der Waals surface area contributed by atoms with Gasteiger partial charge in [0.05, 0.1) is 0 Å². The first kappa shape index (κ1) is 11.3. The Morgan fingerprint density at radius 1 is 1.12 bits per heavy atom. The van der Waals surface area contributed by atoms with Gasteiger partial charge >= 0.3 is 0 Å². The molecule has 4 nitrogen and oxygen atoms in total. The monoisotopic (exact) mass is 232 g/mol. The summed E-state index contributed by atoms with van der Waals surface area (Å²) in [4.78, 5) is 4.19. The van der Waals surface area contributed by atoms with E-state index in [1.165, 1.54) is 6.07 Å². The fourth-order valence-electron chi connectivity index (χ4n) is 1.47. The Bertz CT molecular complexity index is 528. The van der Waals surface area contributed by atoms with Crippen LogP contribution in [0.2, 0.25) is 0 Å². The number of nitrogens with zero attached hydrogens (tertiary/aromatic N) is 1. The van der Waals surface area contributed by atoms with Crippen LogP contribution < -0.4 is 16.6 Å². The summed E-state index contributed by atoms with van der Waals surface area (Å²) in [7, 11) is 0. The molecule has 0 spiro atoms.